The van der Waals surface area contributed by atoms with Crippen LogP contribution in [0.4, 0.5) is 5.69 Å². The fraction of sp³-hybridized carbons (Fsp3) is 0.136. The van der Waals surface area contributed by atoms with Crippen LogP contribution in [0.25, 0.3) is 0 Å². The normalized spacial score (nSPS) is 11.2. The monoisotopic (exact) mass is 462 g/mol. The van der Waals surface area contributed by atoms with Crippen LogP contribution in [0.3, 0.4) is 0 Å². The molecule has 0 aromatic heterocycles. The number of benzene rings is 3. The van der Waals surface area contributed by atoms with Gasteiger partial charge in [0.15, 0.2) is 0 Å². The Labute approximate surface area is 186 Å². The number of aryl methyl sites for hydroxylation is 1. The molecule has 0 atom stereocenters. The van der Waals surface area contributed by atoms with Gasteiger partial charge >= 0.3 is 0 Å². The lowest BCUT2D eigenvalue weighted by Crippen LogP contribution is -2.26. The number of halogens is 2. The van der Waals surface area contributed by atoms with Gasteiger partial charge in [-0.05, 0) is 61.4 Å². The zero-order valence-corrected chi connectivity index (χ0v) is 18.5. The van der Waals surface area contributed by atoms with Gasteiger partial charge in [-0.1, -0.05) is 53.0 Å². The summed E-state index contributed by atoms with van der Waals surface area (Å²) in [5, 5.41) is 3.47. The van der Waals surface area contributed by atoms with Crippen molar-refractivity contribution in [2.75, 3.05) is 11.3 Å². The highest BCUT2D eigenvalue weighted by Gasteiger charge is 2.20. The van der Waals surface area contributed by atoms with Gasteiger partial charge in [0.05, 0.1) is 5.02 Å². The van der Waals surface area contributed by atoms with Gasteiger partial charge < -0.3 is 5.32 Å². The molecule has 8 heteroatoms. The molecule has 0 saturated heterocycles. The molecule has 0 unspecified atom stereocenters. The molecule has 0 bridgehead atoms. The van der Waals surface area contributed by atoms with Crippen LogP contribution in [0.15, 0.2) is 71.6 Å². The van der Waals surface area contributed by atoms with Crippen molar-refractivity contribution in [3.63, 3.8) is 0 Å². The number of hydrogen-bond acceptors (Lipinski definition) is 3. The van der Waals surface area contributed by atoms with E-state index in [2.05, 4.69) is 10.0 Å². The summed E-state index contributed by atoms with van der Waals surface area (Å²) in [6, 6.07) is 18.4. The second-order valence-electron chi connectivity index (χ2n) is 6.75. The van der Waals surface area contributed by atoms with Gasteiger partial charge in [-0.25, -0.2) is 8.42 Å². The Hall–Kier alpha value is -2.54. The van der Waals surface area contributed by atoms with Crippen molar-refractivity contribution in [3.05, 3.63) is 93.5 Å². The summed E-state index contributed by atoms with van der Waals surface area (Å²) in [6.07, 6.45) is 0.622. The SMILES string of the molecule is Cc1ccc(NS(=O)(=O)c2cc(C(=O)NCCc3ccc(Cl)cc3)ccc2Cl)cc1. The molecule has 156 valence electrons. The zero-order valence-electron chi connectivity index (χ0n) is 16.2. The largest absolute Gasteiger partial charge is 0.352 e. The summed E-state index contributed by atoms with van der Waals surface area (Å²) in [4.78, 5) is 12.3. The average molecular weight is 463 g/mol. The molecule has 2 N–H and O–H groups in total. The van der Waals surface area contributed by atoms with Crippen LogP contribution in [-0.2, 0) is 16.4 Å². The van der Waals surface area contributed by atoms with Crippen LogP contribution in [0.1, 0.15) is 21.5 Å². The third-order valence-electron chi connectivity index (χ3n) is 4.40. The van der Waals surface area contributed by atoms with E-state index in [0.29, 0.717) is 23.7 Å². The number of hydrogen-bond donors (Lipinski definition) is 2. The second kappa shape index (κ2) is 9.51. The predicted molar refractivity (Wildman–Crippen MR) is 121 cm³/mol. The van der Waals surface area contributed by atoms with E-state index in [1.807, 2.05) is 19.1 Å². The Kier molecular flexibility index (Phi) is 7.02. The van der Waals surface area contributed by atoms with Crippen LogP contribution in [0.2, 0.25) is 10.0 Å². The first-order valence-electron chi connectivity index (χ1n) is 9.16. The Bertz CT molecular complexity index is 1150. The number of sulfonamides is 1. The Balaban J connectivity index is 1.71. The first-order chi connectivity index (χ1) is 14.2. The van der Waals surface area contributed by atoms with Gasteiger partial charge in [0, 0.05) is 22.8 Å². The van der Waals surface area contributed by atoms with Gasteiger partial charge in [0.1, 0.15) is 4.90 Å². The molecule has 1 amide bonds. The first kappa shape index (κ1) is 22.2. The molecule has 0 fully saturated rings. The molecule has 30 heavy (non-hydrogen) atoms. The molecular formula is C22H20Cl2N2O3S. The van der Waals surface area contributed by atoms with E-state index in [0.717, 1.165) is 11.1 Å². The molecule has 5 nitrogen and oxygen atoms in total. The lowest BCUT2D eigenvalue weighted by atomic mass is 10.1. The molecule has 0 aliphatic carbocycles. The van der Waals surface area contributed by atoms with Gasteiger partial charge in [0.2, 0.25) is 0 Å². The maximum absolute atomic E-state index is 12.8. The highest BCUT2D eigenvalue weighted by molar-refractivity contribution is 7.92. The van der Waals surface area contributed by atoms with Crippen LogP contribution < -0.4 is 10.0 Å². The number of carbonyl (C=O) groups is 1. The molecule has 0 heterocycles. The van der Waals surface area contributed by atoms with Crippen molar-refractivity contribution >= 4 is 44.8 Å². The van der Waals surface area contributed by atoms with Crippen molar-refractivity contribution in [3.8, 4) is 0 Å². The van der Waals surface area contributed by atoms with Crippen molar-refractivity contribution in [1.29, 1.82) is 0 Å². The number of anilines is 1. The minimum atomic E-state index is -3.95. The number of carbonyl (C=O) groups excluding carboxylic acids is 1. The van der Waals surface area contributed by atoms with E-state index >= 15 is 0 Å². The van der Waals surface area contributed by atoms with Crippen LogP contribution in [-0.4, -0.2) is 20.9 Å². The first-order valence-corrected chi connectivity index (χ1v) is 11.4. The second-order valence-corrected chi connectivity index (χ2v) is 9.24. The summed E-state index contributed by atoms with van der Waals surface area (Å²) < 4.78 is 28.0. The Morgan fingerprint density at radius 2 is 1.60 bits per heavy atom. The van der Waals surface area contributed by atoms with Crippen molar-refractivity contribution in [2.24, 2.45) is 0 Å². The third-order valence-corrected chi connectivity index (χ3v) is 6.51. The standard InChI is InChI=1S/C22H20Cl2N2O3S/c1-15-2-9-19(10-3-15)26-30(28,29)21-14-17(6-11-20(21)24)22(27)25-13-12-16-4-7-18(23)8-5-16/h2-11,14,26H,12-13H2,1H3,(H,25,27). The van der Waals surface area contributed by atoms with E-state index in [4.69, 9.17) is 23.2 Å². The van der Waals surface area contributed by atoms with Crippen LogP contribution in [0.5, 0.6) is 0 Å². The molecule has 0 aliphatic rings. The van der Waals surface area contributed by atoms with Crippen LogP contribution in [0, 0.1) is 6.92 Å². The van der Waals surface area contributed by atoms with Gasteiger partial charge in [-0.2, -0.15) is 0 Å². The third kappa shape index (κ3) is 5.75. The van der Waals surface area contributed by atoms with Gasteiger partial charge in [-0.3, -0.25) is 9.52 Å². The topological polar surface area (TPSA) is 75.3 Å². The van der Waals surface area contributed by atoms with E-state index in [1.54, 1.807) is 36.4 Å². The number of amides is 1. The fourth-order valence-corrected chi connectivity index (χ4v) is 4.47. The van der Waals surface area contributed by atoms with E-state index in [9.17, 15) is 13.2 Å². The smallest absolute Gasteiger partial charge is 0.263 e. The molecule has 3 aromatic carbocycles. The quantitative estimate of drug-likeness (QED) is 0.514. The average Bonchev–Trinajstić information content (AvgIpc) is 2.71. The van der Waals surface area contributed by atoms with Gasteiger partial charge in [0.25, 0.3) is 15.9 Å². The Morgan fingerprint density at radius 1 is 0.933 bits per heavy atom. The highest BCUT2D eigenvalue weighted by atomic mass is 35.5. The molecule has 0 spiro atoms. The molecule has 3 aromatic rings. The lowest BCUT2D eigenvalue weighted by molar-refractivity contribution is 0.0954. The molecule has 0 saturated carbocycles. The molecule has 0 aliphatic heterocycles. The maximum atomic E-state index is 12.8. The summed E-state index contributed by atoms with van der Waals surface area (Å²) >= 11 is 12.0. The zero-order chi connectivity index (χ0) is 21.7. The summed E-state index contributed by atoms with van der Waals surface area (Å²) in [6.45, 7) is 2.30. The fourth-order valence-electron chi connectivity index (χ4n) is 2.76. The van der Waals surface area contributed by atoms with Crippen molar-refractivity contribution in [2.45, 2.75) is 18.2 Å². The van der Waals surface area contributed by atoms with E-state index in [1.165, 1.54) is 18.2 Å². The summed E-state index contributed by atoms with van der Waals surface area (Å²) in [5.74, 6) is -0.382. The Morgan fingerprint density at radius 3 is 2.27 bits per heavy atom. The van der Waals surface area contributed by atoms with E-state index < -0.39 is 10.0 Å². The minimum absolute atomic E-state index is 0.0346. The number of nitrogens with one attached hydrogen (secondary N) is 2. The summed E-state index contributed by atoms with van der Waals surface area (Å²) in [7, 11) is -3.95. The minimum Gasteiger partial charge on any atom is -0.352 e. The van der Waals surface area contributed by atoms with Crippen molar-refractivity contribution < 1.29 is 13.2 Å². The van der Waals surface area contributed by atoms with Gasteiger partial charge in [-0.15, -0.1) is 0 Å². The predicted octanol–water partition coefficient (Wildman–Crippen LogP) is 5.08. The van der Waals surface area contributed by atoms with E-state index in [-0.39, 0.29) is 21.4 Å². The number of rotatable bonds is 7. The molecule has 0 radical (unpaired) electrons. The van der Waals surface area contributed by atoms with Crippen LogP contribution >= 0.6 is 23.2 Å². The summed E-state index contributed by atoms with van der Waals surface area (Å²) in [5.41, 5.74) is 2.66. The van der Waals surface area contributed by atoms with Crippen molar-refractivity contribution in [1.82, 2.24) is 5.32 Å². The highest BCUT2D eigenvalue weighted by Crippen LogP contribution is 2.25. The molecular weight excluding hydrogens is 443 g/mol. The maximum Gasteiger partial charge on any atom is 0.263 e. The lowest BCUT2D eigenvalue weighted by Gasteiger charge is -2.12. The molecule has 3 rings (SSSR count).